The van der Waals surface area contributed by atoms with E-state index in [0.29, 0.717) is 0 Å². The average molecular weight is 176 g/mol. The van der Waals surface area contributed by atoms with Crippen LogP contribution >= 0.6 is 0 Å². The van der Waals surface area contributed by atoms with Gasteiger partial charge in [-0.3, -0.25) is 0 Å². The Morgan fingerprint density at radius 1 is 1.09 bits per heavy atom. The summed E-state index contributed by atoms with van der Waals surface area (Å²) in [5, 5.41) is 9.48. The third kappa shape index (κ3) is 1.18. The summed E-state index contributed by atoms with van der Waals surface area (Å²) in [5.74, 6) is 0.507. The minimum absolute atomic E-state index is 0.0405. The fourth-order valence-corrected chi connectivity index (χ4v) is 4.41. The fraction of sp³-hybridized carbons (Fsp3) is 1.00. The summed E-state index contributed by atoms with van der Waals surface area (Å²) < 4.78 is 22.3. The highest BCUT2D eigenvalue weighted by molar-refractivity contribution is 7.91. The lowest BCUT2D eigenvalue weighted by atomic mass is 10.0. The van der Waals surface area contributed by atoms with Crippen molar-refractivity contribution in [3.8, 4) is 0 Å². The monoisotopic (exact) mass is 176 g/mol. The van der Waals surface area contributed by atoms with Crippen LogP contribution in [0, 0.1) is 11.8 Å². The van der Waals surface area contributed by atoms with E-state index in [9.17, 15) is 13.5 Å². The lowest BCUT2D eigenvalue weighted by Gasteiger charge is -2.24. The molecule has 1 saturated carbocycles. The minimum Gasteiger partial charge on any atom is -0.392 e. The Kier molecular flexibility index (Phi) is 1.51. The molecule has 2 fully saturated rings. The average Bonchev–Trinajstić information content (AvgIpc) is 2.19. The molecule has 3 nitrogen and oxygen atoms in total. The Bertz CT molecular complexity index is 237. The van der Waals surface area contributed by atoms with Crippen molar-refractivity contribution < 1.29 is 13.5 Å². The van der Waals surface area contributed by atoms with E-state index in [4.69, 9.17) is 0 Å². The molecule has 2 aliphatic rings. The second-order valence-electron chi connectivity index (χ2n) is 3.67. The van der Waals surface area contributed by atoms with Gasteiger partial charge < -0.3 is 5.11 Å². The molecule has 2 bridgehead atoms. The summed E-state index contributed by atoms with van der Waals surface area (Å²) in [6.07, 6.45) is 1.45. The van der Waals surface area contributed by atoms with Gasteiger partial charge in [-0.1, -0.05) is 0 Å². The van der Waals surface area contributed by atoms with Gasteiger partial charge in [0.05, 0.1) is 17.6 Å². The first-order valence-corrected chi connectivity index (χ1v) is 5.79. The number of aliphatic hydroxyl groups excluding tert-OH is 1. The van der Waals surface area contributed by atoms with Gasteiger partial charge in [0, 0.05) is 0 Å². The highest BCUT2D eigenvalue weighted by Gasteiger charge is 2.43. The predicted octanol–water partition coefficient (Wildman–Crippen LogP) is -0.198. The first-order valence-electron chi connectivity index (χ1n) is 3.97. The molecule has 2 atom stereocenters. The van der Waals surface area contributed by atoms with Crippen LogP contribution in [0.5, 0.6) is 0 Å². The molecule has 0 spiro atoms. The van der Waals surface area contributed by atoms with Crippen LogP contribution in [0.15, 0.2) is 0 Å². The number of aliphatic hydroxyl groups is 1. The van der Waals surface area contributed by atoms with Crippen LogP contribution in [0.4, 0.5) is 0 Å². The molecule has 64 valence electrons. The molecule has 1 aliphatic heterocycles. The number of hydrogen-bond acceptors (Lipinski definition) is 3. The van der Waals surface area contributed by atoms with E-state index >= 15 is 0 Å². The van der Waals surface area contributed by atoms with Crippen LogP contribution in [0.1, 0.15) is 12.8 Å². The van der Waals surface area contributed by atoms with Crippen molar-refractivity contribution in [1.29, 1.82) is 0 Å². The Morgan fingerprint density at radius 2 is 1.55 bits per heavy atom. The van der Waals surface area contributed by atoms with Crippen molar-refractivity contribution in [2.24, 2.45) is 11.8 Å². The number of sulfone groups is 1. The van der Waals surface area contributed by atoms with Crippen LogP contribution in [0.25, 0.3) is 0 Å². The van der Waals surface area contributed by atoms with Gasteiger partial charge in [-0.25, -0.2) is 8.42 Å². The highest BCUT2D eigenvalue weighted by Crippen LogP contribution is 2.37. The van der Waals surface area contributed by atoms with Crippen LogP contribution in [-0.2, 0) is 9.84 Å². The van der Waals surface area contributed by atoms with Crippen molar-refractivity contribution in [2.45, 2.75) is 18.9 Å². The molecule has 0 aromatic rings. The molecule has 4 heteroatoms. The molecule has 1 heterocycles. The quantitative estimate of drug-likeness (QED) is 0.556. The van der Waals surface area contributed by atoms with Gasteiger partial charge in [-0.05, 0) is 24.7 Å². The summed E-state index contributed by atoms with van der Waals surface area (Å²) >= 11 is 0. The summed E-state index contributed by atoms with van der Waals surface area (Å²) in [6, 6.07) is 0. The van der Waals surface area contributed by atoms with E-state index in [-0.39, 0.29) is 29.4 Å². The largest absolute Gasteiger partial charge is 0.392 e. The Labute approximate surface area is 66.3 Å². The van der Waals surface area contributed by atoms with Crippen LogP contribution in [-0.4, -0.2) is 31.1 Å². The summed E-state index contributed by atoms with van der Waals surface area (Å²) in [7, 11) is -2.81. The van der Waals surface area contributed by atoms with Gasteiger partial charge in [-0.2, -0.15) is 0 Å². The van der Waals surface area contributed by atoms with E-state index in [2.05, 4.69) is 0 Å². The normalized spacial score (nSPS) is 47.5. The Balaban J connectivity index is 2.27. The molecular weight excluding hydrogens is 164 g/mol. The first kappa shape index (κ1) is 7.55. The molecule has 0 aromatic heterocycles. The SMILES string of the molecule is O=S1(=O)CC2CCC(C1)C2O. The molecule has 1 saturated heterocycles. The van der Waals surface area contributed by atoms with Gasteiger partial charge in [0.2, 0.25) is 0 Å². The molecule has 1 N–H and O–H groups in total. The lowest BCUT2D eigenvalue weighted by molar-refractivity contribution is 0.102. The standard InChI is InChI=1S/C7H12O3S/c8-7-5-1-2-6(7)4-11(9,10)3-5/h5-8H,1-4H2. The zero-order valence-electron chi connectivity index (χ0n) is 6.23. The smallest absolute Gasteiger partial charge is 0.151 e. The molecule has 1 aliphatic carbocycles. The van der Waals surface area contributed by atoms with Crippen molar-refractivity contribution in [1.82, 2.24) is 0 Å². The van der Waals surface area contributed by atoms with Gasteiger partial charge >= 0.3 is 0 Å². The number of rotatable bonds is 0. The maximum atomic E-state index is 11.1. The van der Waals surface area contributed by atoms with Crippen LogP contribution in [0.2, 0.25) is 0 Å². The van der Waals surface area contributed by atoms with Gasteiger partial charge in [0.15, 0.2) is 9.84 Å². The number of fused-ring (bicyclic) bond motifs is 2. The molecular formula is C7H12O3S. The van der Waals surface area contributed by atoms with Crippen molar-refractivity contribution >= 4 is 9.84 Å². The Hall–Kier alpha value is -0.0900. The van der Waals surface area contributed by atoms with E-state index in [0.717, 1.165) is 12.8 Å². The second-order valence-corrected chi connectivity index (χ2v) is 5.82. The van der Waals surface area contributed by atoms with Crippen molar-refractivity contribution in [3.63, 3.8) is 0 Å². The zero-order valence-corrected chi connectivity index (χ0v) is 7.05. The van der Waals surface area contributed by atoms with E-state index < -0.39 is 9.84 Å². The number of hydrogen-bond donors (Lipinski definition) is 1. The van der Waals surface area contributed by atoms with E-state index in [1.807, 2.05) is 0 Å². The molecule has 2 rings (SSSR count). The lowest BCUT2D eigenvalue weighted by Crippen LogP contribution is -2.37. The van der Waals surface area contributed by atoms with Gasteiger partial charge in [0.25, 0.3) is 0 Å². The first-order chi connectivity index (χ1) is 5.08. The van der Waals surface area contributed by atoms with Gasteiger partial charge in [0.1, 0.15) is 0 Å². The molecule has 11 heavy (non-hydrogen) atoms. The molecule has 0 radical (unpaired) electrons. The minimum atomic E-state index is -2.81. The molecule has 0 amide bonds. The van der Waals surface area contributed by atoms with E-state index in [1.165, 1.54) is 0 Å². The zero-order chi connectivity index (χ0) is 8.06. The van der Waals surface area contributed by atoms with Crippen LogP contribution < -0.4 is 0 Å². The fourth-order valence-electron chi connectivity index (χ4n) is 2.24. The maximum Gasteiger partial charge on any atom is 0.151 e. The summed E-state index contributed by atoms with van der Waals surface area (Å²) in [4.78, 5) is 0. The topological polar surface area (TPSA) is 54.4 Å². The maximum absolute atomic E-state index is 11.1. The van der Waals surface area contributed by atoms with Gasteiger partial charge in [-0.15, -0.1) is 0 Å². The summed E-state index contributed by atoms with van der Waals surface area (Å²) in [6.45, 7) is 0. The van der Waals surface area contributed by atoms with Crippen LogP contribution in [0.3, 0.4) is 0 Å². The summed E-state index contributed by atoms with van der Waals surface area (Å²) in [5.41, 5.74) is 0. The van der Waals surface area contributed by atoms with E-state index in [1.54, 1.807) is 0 Å². The van der Waals surface area contributed by atoms with Crippen molar-refractivity contribution in [2.75, 3.05) is 11.5 Å². The predicted molar refractivity (Wildman–Crippen MR) is 40.9 cm³/mol. The third-order valence-electron chi connectivity index (χ3n) is 2.81. The Morgan fingerprint density at radius 3 is 2.00 bits per heavy atom. The molecule has 2 unspecified atom stereocenters. The third-order valence-corrected chi connectivity index (χ3v) is 4.68. The second kappa shape index (κ2) is 2.20. The van der Waals surface area contributed by atoms with Crippen molar-refractivity contribution in [3.05, 3.63) is 0 Å². The highest BCUT2D eigenvalue weighted by atomic mass is 32.2. The molecule has 0 aromatic carbocycles.